The Hall–Kier alpha value is -1.72. The summed E-state index contributed by atoms with van der Waals surface area (Å²) in [6.45, 7) is 1.72. The summed E-state index contributed by atoms with van der Waals surface area (Å²) in [5.74, 6) is -0.0722. The lowest BCUT2D eigenvalue weighted by Crippen LogP contribution is -2.15. The van der Waals surface area contributed by atoms with Gasteiger partial charge >= 0.3 is 0 Å². The molecule has 0 bridgehead atoms. The number of aromatic nitrogens is 3. The second-order valence-electron chi connectivity index (χ2n) is 3.48. The minimum Gasteiger partial charge on any atom is -0.305 e. The van der Waals surface area contributed by atoms with Crippen LogP contribution in [0.2, 0.25) is 10.3 Å². The van der Waals surface area contributed by atoms with Crippen LogP contribution in [0, 0.1) is 6.92 Å². The van der Waals surface area contributed by atoms with Gasteiger partial charge in [-0.25, -0.2) is 15.0 Å². The van der Waals surface area contributed by atoms with Crippen LogP contribution in [0.3, 0.4) is 0 Å². The standard InChI is InChI=1S/C11H8Cl2N4O/c1-6-4-8(16-11(13)15-6)10(18)17-9-5-7(12)2-3-14-9/h2-5H,1H3,(H,14,17,18). The van der Waals surface area contributed by atoms with E-state index < -0.39 is 5.91 Å². The van der Waals surface area contributed by atoms with Crippen LogP contribution >= 0.6 is 23.2 Å². The van der Waals surface area contributed by atoms with E-state index in [1.807, 2.05) is 0 Å². The van der Waals surface area contributed by atoms with Gasteiger partial charge in [0.15, 0.2) is 0 Å². The van der Waals surface area contributed by atoms with E-state index in [-0.39, 0.29) is 11.0 Å². The third-order valence-corrected chi connectivity index (χ3v) is 2.43. The number of nitrogens with zero attached hydrogens (tertiary/aromatic N) is 3. The van der Waals surface area contributed by atoms with E-state index in [9.17, 15) is 4.79 Å². The number of anilines is 1. The molecule has 0 saturated heterocycles. The first-order valence-corrected chi connectivity index (χ1v) is 5.74. The Morgan fingerprint density at radius 1 is 1.28 bits per heavy atom. The molecule has 2 aromatic rings. The molecule has 0 fully saturated rings. The topological polar surface area (TPSA) is 67.8 Å². The lowest BCUT2D eigenvalue weighted by molar-refractivity contribution is 0.102. The van der Waals surface area contributed by atoms with Gasteiger partial charge in [-0.3, -0.25) is 4.79 Å². The second kappa shape index (κ2) is 5.29. The Kier molecular flexibility index (Phi) is 3.74. The van der Waals surface area contributed by atoms with Gasteiger partial charge < -0.3 is 5.32 Å². The van der Waals surface area contributed by atoms with Crippen molar-refractivity contribution < 1.29 is 4.79 Å². The number of aryl methyl sites for hydroxylation is 1. The van der Waals surface area contributed by atoms with E-state index in [0.29, 0.717) is 16.5 Å². The fourth-order valence-corrected chi connectivity index (χ4v) is 1.69. The van der Waals surface area contributed by atoms with Crippen molar-refractivity contribution in [1.29, 1.82) is 0 Å². The molecular formula is C11H8Cl2N4O. The van der Waals surface area contributed by atoms with Crippen molar-refractivity contribution in [3.8, 4) is 0 Å². The number of nitrogens with one attached hydrogen (secondary N) is 1. The Morgan fingerprint density at radius 2 is 2.06 bits per heavy atom. The lowest BCUT2D eigenvalue weighted by atomic mass is 10.3. The number of amides is 1. The Morgan fingerprint density at radius 3 is 2.72 bits per heavy atom. The predicted octanol–water partition coefficient (Wildman–Crippen LogP) is 2.74. The molecule has 0 unspecified atom stereocenters. The molecule has 0 aliphatic rings. The molecule has 0 aliphatic carbocycles. The zero-order valence-electron chi connectivity index (χ0n) is 9.32. The normalized spacial score (nSPS) is 10.2. The molecule has 5 nitrogen and oxygen atoms in total. The van der Waals surface area contributed by atoms with Gasteiger partial charge in [-0.05, 0) is 36.7 Å². The molecule has 2 aromatic heterocycles. The molecule has 18 heavy (non-hydrogen) atoms. The largest absolute Gasteiger partial charge is 0.305 e. The maximum atomic E-state index is 11.9. The van der Waals surface area contributed by atoms with Gasteiger partial charge in [0.2, 0.25) is 5.28 Å². The summed E-state index contributed by atoms with van der Waals surface area (Å²) in [7, 11) is 0. The van der Waals surface area contributed by atoms with Crippen molar-refractivity contribution >= 4 is 34.9 Å². The van der Waals surface area contributed by atoms with Crippen molar-refractivity contribution in [3.05, 3.63) is 46.1 Å². The number of pyridine rings is 1. The Balaban J connectivity index is 2.22. The quantitative estimate of drug-likeness (QED) is 0.860. The smallest absolute Gasteiger partial charge is 0.275 e. The first-order valence-electron chi connectivity index (χ1n) is 4.99. The Bertz CT molecular complexity index is 583. The molecule has 0 atom stereocenters. The highest BCUT2D eigenvalue weighted by Crippen LogP contribution is 2.13. The van der Waals surface area contributed by atoms with Crippen LogP contribution in [-0.2, 0) is 0 Å². The summed E-state index contributed by atoms with van der Waals surface area (Å²) in [5, 5.41) is 3.08. The Labute approximate surface area is 113 Å². The van der Waals surface area contributed by atoms with Crippen LogP contribution < -0.4 is 5.32 Å². The minimum absolute atomic E-state index is 0.0270. The molecular weight excluding hydrogens is 275 g/mol. The van der Waals surface area contributed by atoms with Crippen molar-refractivity contribution in [2.75, 3.05) is 5.32 Å². The van der Waals surface area contributed by atoms with Gasteiger partial charge in [-0.2, -0.15) is 0 Å². The molecule has 7 heteroatoms. The fourth-order valence-electron chi connectivity index (χ4n) is 1.30. The van der Waals surface area contributed by atoms with E-state index in [4.69, 9.17) is 23.2 Å². The van der Waals surface area contributed by atoms with Gasteiger partial charge in [-0.1, -0.05) is 11.6 Å². The van der Waals surface area contributed by atoms with Gasteiger partial charge in [0.1, 0.15) is 11.5 Å². The van der Waals surface area contributed by atoms with Gasteiger partial charge in [0.05, 0.1) is 0 Å². The summed E-state index contributed by atoms with van der Waals surface area (Å²) in [6.07, 6.45) is 1.50. The SMILES string of the molecule is Cc1cc(C(=O)Nc2cc(Cl)ccn2)nc(Cl)n1. The molecule has 2 heterocycles. The highest BCUT2D eigenvalue weighted by molar-refractivity contribution is 6.30. The van der Waals surface area contributed by atoms with Crippen molar-refractivity contribution in [1.82, 2.24) is 15.0 Å². The summed E-state index contributed by atoms with van der Waals surface area (Å²) in [5.41, 5.74) is 0.786. The maximum absolute atomic E-state index is 11.9. The van der Waals surface area contributed by atoms with Gasteiger partial charge in [-0.15, -0.1) is 0 Å². The van der Waals surface area contributed by atoms with Crippen LogP contribution in [0.4, 0.5) is 5.82 Å². The summed E-state index contributed by atoms with van der Waals surface area (Å²) < 4.78 is 0. The van der Waals surface area contributed by atoms with E-state index in [1.54, 1.807) is 13.0 Å². The number of halogens is 2. The second-order valence-corrected chi connectivity index (χ2v) is 4.25. The monoisotopic (exact) mass is 282 g/mol. The molecule has 1 amide bonds. The molecule has 0 aliphatic heterocycles. The third-order valence-electron chi connectivity index (χ3n) is 2.02. The number of carbonyl (C=O) groups excluding carboxylic acids is 1. The van der Waals surface area contributed by atoms with Gasteiger partial charge in [0, 0.05) is 16.9 Å². The molecule has 0 saturated carbocycles. The van der Waals surface area contributed by atoms with Crippen molar-refractivity contribution in [2.24, 2.45) is 0 Å². The van der Waals surface area contributed by atoms with Crippen LogP contribution in [0.15, 0.2) is 24.4 Å². The predicted molar refractivity (Wildman–Crippen MR) is 69.0 cm³/mol. The first-order chi connectivity index (χ1) is 8.54. The number of hydrogen-bond donors (Lipinski definition) is 1. The number of rotatable bonds is 2. The zero-order chi connectivity index (χ0) is 13.1. The summed E-state index contributed by atoms with van der Waals surface area (Å²) in [4.78, 5) is 23.6. The van der Waals surface area contributed by atoms with Crippen molar-refractivity contribution in [2.45, 2.75) is 6.92 Å². The average molecular weight is 283 g/mol. The molecule has 0 radical (unpaired) electrons. The number of hydrogen-bond acceptors (Lipinski definition) is 4. The summed E-state index contributed by atoms with van der Waals surface area (Å²) >= 11 is 11.5. The van der Waals surface area contributed by atoms with E-state index in [2.05, 4.69) is 20.3 Å². The van der Waals surface area contributed by atoms with Crippen LogP contribution in [-0.4, -0.2) is 20.9 Å². The fraction of sp³-hybridized carbons (Fsp3) is 0.0909. The van der Waals surface area contributed by atoms with E-state index >= 15 is 0 Å². The molecule has 2 rings (SSSR count). The molecule has 1 N–H and O–H groups in total. The first kappa shape index (κ1) is 12.7. The average Bonchev–Trinajstić information content (AvgIpc) is 2.27. The van der Waals surface area contributed by atoms with Crippen LogP contribution in [0.5, 0.6) is 0 Å². The van der Waals surface area contributed by atoms with Crippen LogP contribution in [0.25, 0.3) is 0 Å². The summed E-state index contributed by atoms with van der Waals surface area (Å²) in [6, 6.07) is 4.68. The number of carbonyl (C=O) groups is 1. The molecule has 0 aromatic carbocycles. The highest BCUT2D eigenvalue weighted by atomic mass is 35.5. The van der Waals surface area contributed by atoms with Gasteiger partial charge in [0.25, 0.3) is 5.91 Å². The molecule has 92 valence electrons. The third kappa shape index (κ3) is 3.15. The maximum Gasteiger partial charge on any atom is 0.275 e. The molecule has 0 spiro atoms. The van der Waals surface area contributed by atoms with E-state index in [1.165, 1.54) is 18.3 Å². The van der Waals surface area contributed by atoms with Crippen molar-refractivity contribution in [3.63, 3.8) is 0 Å². The van der Waals surface area contributed by atoms with E-state index in [0.717, 1.165) is 0 Å². The minimum atomic E-state index is -0.419. The van der Waals surface area contributed by atoms with Crippen LogP contribution in [0.1, 0.15) is 16.2 Å². The highest BCUT2D eigenvalue weighted by Gasteiger charge is 2.10. The zero-order valence-corrected chi connectivity index (χ0v) is 10.8. The lowest BCUT2D eigenvalue weighted by Gasteiger charge is -2.04.